The normalized spacial score (nSPS) is 11.0. The standard InChI is InChI=1S/C20H21FN4OS/c1-5-10-25-13(2)11-16(14(25)3)18(26)12-27-20-23-22-19(24(20)4)15-8-6-7-9-17(15)21/h5-9,11H,1,10,12H2,2-4H3. The zero-order valence-corrected chi connectivity index (χ0v) is 16.4. The summed E-state index contributed by atoms with van der Waals surface area (Å²) in [7, 11) is 1.77. The molecule has 0 spiro atoms. The Kier molecular flexibility index (Phi) is 5.60. The van der Waals surface area contributed by atoms with Crippen LogP contribution in [-0.2, 0) is 13.6 Å². The maximum atomic E-state index is 14.0. The van der Waals surface area contributed by atoms with Crippen molar-refractivity contribution in [3.63, 3.8) is 0 Å². The van der Waals surface area contributed by atoms with Crippen molar-refractivity contribution in [2.45, 2.75) is 25.5 Å². The Morgan fingerprint density at radius 1 is 1.30 bits per heavy atom. The topological polar surface area (TPSA) is 52.7 Å². The second-order valence-electron chi connectivity index (χ2n) is 6.24. The van der Waals surface area contributed by atoms with Crippen LogP contribution in [0.1, 0.15) is 21.7 Å². The van der Waals surface area contributed by atoms with Crippen LogP contribution in [0.25, 0.3) is 11.4 Å². The summed E-state index contributed by atoms with van der Waals surface area (Å²) in [4.78, 5) is 12.7. The van der Waals surface area contributed by atoms with Gasteiger partial charge in [-0.15, -0.1) is 16.8 Å². The number of allylic oxidation sites excluding steroid dienone is 1. The zero-order chi connectivity index (χ0) is 19.6. The molecule has 0 radical (unpaired) electrons. The predicted octanol–water partition coefficient (Wildman–Crippen LogP) is 4.20. The summed E-state index contributed by atoms with van der Waals surface area (Å²) in [6.07, 6.45) is 1.81. The molecular weight excluding hydrogens is 363 g/mol. The average Bonchev–Trinajstić information content (AvgIpc) is 3.15. The Hall–Kier alpha value is -2.67. The first-order chi connectivity index (χ1) is 12.9. The maximum absolute atomic E-state index is 14.0. The Labute approximate surface area is 161 Å². The van der Waals surface area contributed by atoms with E-state index in [1.165, 1.54) is 17.8 Å². The fourth-order valence-electron chi connectivity index (χ4n) is 3.02. The van der Waals surface area contributed by atoms with Gasteiger partial charge in [0.05, 0.1) is 11.3 Å². The number of halogens is 1. The predicted molar refractivity (Wildman–Crippen MR) is 106 cm³/mol. The summed E-state index contributed by atoms with van der Waals surface area (Å²) in [6.45, 7) is 8.34. The van der Waals surface area contributed by atoms with Crippen LogP contribution in [0.2, 0.25) is 0 Å². The van der Waals surface area contributed by atoms with Gasteiger partial charge >= 0.3 is 0 Å². The van der Waals surface area contributed by atoms with Gasteiger partial charge in [-0.05, 0) is 32.0 Å². The van der Waals surface area contributed by atoms with Crippen molar-refractivity contribution in [2.75, 3.05) is 5.75 Å². The van der Waals surface area contributed by atoms with Gasteiger partial charge in [-0.25, -0.2) is 4.39 Å². The van der Waals surface area contributed by atoms with Crippen molar-refractivity contribution >= 4 is 17.5 Å². The molecule has 0 saturated carbocycles. The molecule has 0 amide bonds. The summed E-state index contributed by atoms with van der Waals surface area (Å²) in [5.74, 6) is 0.350. The first-order valence-electron chi connectivity index (χ1n) is 8.52. The number of thioether (sulfide) groups is 1. The number of rotatable bonds is 7. The number of carbonyl (C=O) groups excluding carboxylic acids is 1. The van der Waals surface area contributed by atoms with E-state index >= 15 is 0 Å². The van der Waals surface area contributed by atoms with Crippen LogP contribution in [0.5, 0.6) is 0 Å². The molecule has 3 aromatic rings. The van der Waals surface area contributed by atoms with E-state index in [2.05, 4.69) is 21.3 Å². The molecule has 0 aliphatic rings. The molecule has 0 saturated heterocycles. The number of Topliss-reactive ketones (excluding diaryl/α,β-unsaturated/α-hetero) is 1. The van der Waals surface area contributed by atoms with Gasteiger partial charge in [-0.2, -0.15) is 0 Å². The van der Waals surface area contributed by atoms with Crippen LogP contribution in [-0.4, -0.2) is 30.9 Å². The molecule has 0 N–H and O–H groups in total. The Morgan fingerprint density at radius 2 is 2.04 bits per heavy atom. The van der Waals surface area contributed by atoms with Gasteiger partial charge in [0.1, 0.15) is 5.82 Å². The summed E-state index contributed by atoms with van der Waals surface area (Å²) >= 11 is 1.30. The smallest absolute Gasteiger partial charge is 0.191 e. The molecule has 0 atom stereocenters. The fraction of sp³-hybridized carbons (Fsp3) is 0.250. The van der Waals surface area contributed by atoms with E-state index in [1.54, 1.807) is 29.8 Å². The number of aryl methyl sites for hydroxylation is 1. The van der Waals surface area contributed by atoms with Gasteiger partial charge in [-0.1, -0.05) is 30.0 Å². The lowest BCUT2D eigenvalue weighted by atomic mass is 10.2. The molecule has 140 valence electrons. The van der Waals surface area contributed by atoms with E-state index in [0.717, 1.165) is 11.4 Å². The quantitative estimate of drug-likeness (QED) is 0.348. The molecule has 0 unspecified atom stereocenters. The third-order valence-corrected chi connectivity index (χ3v) is 5.49. The van der Waals surface area contributed by atoms with E-state index in [-0.39, 0.29) is 17.4 Å². The number of ketones is 1. The van der Waals surface area contributed by atoms with Crippen molar-refractivity contribution in [1.82, 2.24) is 19.3 Å². The van der Waals surface area contributed by atoms with Crippen LogP contribution in [0, 0.1) is 19.7 Å². The van der Waals surface area contributed by atoms with E-state index in [4.69, 9.17) is 0 Å². The van der Waals surface area contributed by atoms with Gasteiger partial charge in [0, 0.05) is 30.5 Å². The summed E-state index contributed by atoms with van der Waals surface area (Å²) < 4.78 is 17.8. The lowest BCUT2D eigenvalue weighted by molar-refractivity contribution is 0.102. The molecule has 1 aromatic carbocycles. The monoisotopic (exact) mass is 384 g/mol. The highest BCUT2D eigenvalue weighted by Crippen LogP contribution is 2.26. The van der Waals surface area contributed by atoms with E-state index in [0.29, 0.717) is 28.7 Å². The third-order valence-electron chi connectivity index (χ3n) is 4.47. The van der Waals surface area contributed by atoms with Gasteiger partial charge in [-0.3, -0.25) is 4.79 Å². The molecule has 0 fully saturated rings. The van der Waals surface area contributed by atoms with Crippen LogP contribution in [0.3, 0.4) is 0 Å². The molecule has 7 heteroatoms. The van der Waals surface area contributed by atoms with E-state index < -0.39 is 0 Å². The number of nitrogens with zero attached hydrogens (tertiary/aromatic N) is 4. The van der Waals surface area contributed by atoms with Crippen molar-refractivity contribution in [2.24, 2.45) is 7.05 Å². The highest BCUT2D eigenvalue weighted by molar-refractivity contribution is 7.99. The third kappa shape index (κ3) is 3.73. The number of carbonyl (C=O) groups is 1. The minimum Gasteiger partial charge on any atom is -0.345 e. The second-order valence-corrected chi connectivity index (χ2v) is 7.18. The molecule has 2 heterocycles. The van der Waals surface area contributed by atoms with Crippen LogP contribution < -0.4 is 0 Å². The molecular formula is C20H21FN4OS. The zero-order valence-electron chi connectivity index (χ0n) is 15.6. The molecule has 2 aromatic heterocycles. The van der Waals surface area contributed by atoms with Crippen molar-refractivity contribution in [1.29, 1.82) is 0 Å². The molecule has 27 heavy (non-hydrogen) atoms. The van der Waals surface area contributed by atoms with E-state index in [9.17, 15) is 9.18 Å². The summed E-state index contributed by atoms with van der Waals surface area (Å²) in [5.41, 5.74) is 3.06. The Bertz CT molecular complexity index is 1010. The number of hydrogen-bond acceptors (Lipinski definition) is 4. The van der Waals surface area contributed by atoms with Gasteiger partial charge < -0.3 is 9.13 Å². The van der Waals surface area contributed by atoms with Gasteiger partial charge in [0.15, 0.2) is 16.8 Å². The molecule has 5 nitrogen and oxygen atoms in total. The van der Waals surface area contributed by atoms with Gasteiger partial charge in [0.2, 0.25) is 0 Å². The van der Waals surface area contributed by atoms with Crippen LogP contribution in [0.4, 0.5) is 4.39 Å². The lowest BCUT2D eigenvalue weighted by Crippen LogP contribution is -2.07. The summed E-state index contributed by atoms with van der Waals surface area (Å²) in [5, 5.41) is 8.77. The molecule has 0 aliphatic carbocycles. The Morgan fingerprint density at radius 3 is 2.74 bits per heavy atom. The maximum Gasteiger partial charge on any atom is 0.191 e. The van der Waals surface area contributed by atoms with Crippen molar-refractivity contribution in [3.05, 3.63) is 65.8 Å². The first-order valence-corrected chi connectivity index (χ1v) is 9.50. The number of aromatic nitrogens is 4. The highest BCUT2D eigenvalue weighted by Gasteiger charge is 2.18. The van der Waals surface area contributed by atoms with Crippen molar-refractivity contribution < 1.29 is 9.18 Å². The summed E-state index contributed by atoms with van der Waals surface area (Å²) in [6, 6.07) is 8.34. The first kappa shape index (κ1) is 19.1. The number of hydrogen-bond donors (Lipinski definition) is 0. The molecule has 0 bridgehead atoms. The highest BCUT2D eigenvalue weighted by atomic mass is 32.2. The van der Waals surface area contributed by atoms with Crippen molar-refractivity contribution in [3.8, 4) is 11.4 Å². The van der Waals surface area contributed by atoms with Crippen LogP contribution in [0.15, 0.2) is 48.1 Å². The largest absolute Gasteiger partial charge is 0.345 e. The second kappa shape index (κ2) is 7.92. The SMILES string of the molecule is C=CCn1c(C)cc(C(=O)CSc2nnc(-c3ccccc3F)n2C)c1C. The minimum absolute atomic E-state index is 0.0267. The van der Waals surface area contributed by atoms with E-state index in [1.807, 2.05) is 26.0 Å². The number of benzene rings is 1. The van der Waals surface area contributed by atoms with Gasteiger partial charge in [0.25, 0.3) is 0 Å². The lowest BCUT2D eigenvalue weighted by Gasteiger charge is -2.06. The molecule has 0 aliphatic heterocycles. The Balaban J connectivity index is 1.76. The van der Waals surface area contributed by atoms with Crippen LogP contribution >= 0.6 is 11.8 Å². The molecule has 3 rings (SSSR count). The minimum atomic E-state index is -0.352. The average molecular weight is 384 g/mol. The fourth-order valence-corrected chi connectivity index (χ4v) is 3.81.